The molecule has 2 atom stereocenters. The summed E-state index contributed by atoms with van der Waals surface area (Å²) < 4.78 is 0. The molecule has 33 heavy (non-hydrogen) atoms. The average molecular weight is 436 g/mol. The van der Waals surface area contributed by atoms with Gasteiger partial charge in [0.15, 0.2) is 5.78 Å². The summed E-state index contributed by atoms with van der Waals surface area (Å²) in [5.41, 5.74) is 8.14. The molecule has 0 spiro atoms. The minimum atomic E-state index is -0.181. The van der Waals surface area contributed by atoms with Crippen molar-refractivity contribution in [3.8, 4) is 0 Å². The quantitative estimate of drug-likeness (QED) is 0.469. The van der Waals surface area contributed by atoms with Crippen LogP contribution in [-0.4, -0.2) is 11.7 Å². The number of nitrogens with zero attached hydrogens (tertiary/aromatic N) is 1. The van der Waals surface area contributed by atoms with Gasteiger partial charge in [-0.3, -0.25) is 14.5 Å². The van der Waals surface area contributed by atoms with Crippen molar-refractivity contribution < 1.29 is 9.59 Å². The third-order valence-corrected chi connectivity index (χ3v) is 7.17. The number of rotatable bonds is 3. The van der Waals surface area contributed by atoms with Crippen molar-refractivity contribution >= 4 is 17.4 Å². The highest BCUT2D eigenvalue weighted by atomic mass is 16.2. The van der Waals surface area contributed by atoms with Gasteiger partial charge in [0.25, 0.3) is 0 Å². The highest BCUT2D eigenvalue weighted by Crippen LogP contribution is 2.47. The molecule has 1 amide bonds. The highest BCUT2D eigenvalue weighted by Gasteiger charge is 2.43. The number of carbonyl (C=O) groups excluding carboxylic acids is 2. The van der Waals surface area contributed by atoms with Crippen molar-refractivity contribution in [2.75, 3.05) is 4.90 Å². The number of aryl methyl sites for hydroxylation is 3. The molecular weight excluding hydrogens is 406 g/mol. The molecular formula is C30H29NO2. The molecule has 1 aliphatic carbocycles. The third kappa shape index (κ3) is 3.82. The van der Waals surface area contributed by atoms with Gasteiger partial charge in [-0.2, -0.15) is 0 Å². The first-order valence-corrected chi connectivity index (χ1v) is 11.7. The zero-order chi connectivity index (χ0) is 23.1. The fourth-order valence-electron chi connectivity index (χ4n) is 5.48. The highest BCUT2D eigenvalue weighted by molar-refractivity contribution is 6.08. The van der Waals surface area contributed by atoms with Crippen LogP contribution in [0.1, 0.15) is 58.9 Å². The fourth-order valence-corrected chi connectivity index (χ4v) is 5.48. The van der Waals surface area contributed by atoms with Gasteiger partial charge in [-0.25, -0.2) is 0 Å². The van der Waals surface area contributed by atoms with E-state index in [9.17, 15) is 9.59 Å². The van der Waals surface area contributed by atoms with E-state index in [4.69, 9.17) is 0 Å². The molecule has 0 fully saturated rings. The van der Waals surface area contributed by atoms with Crippen molar-refractivity contribution in [3.63, 3.8) is 0 Å². The van der Waals surface area contributed by atoms with E-state index in [1.165, 1.54) is 0 Å². The van der Waals surface area contributed by atoms with Crippen LogP contribution in [0.2, 0.25) is 0 Å². The molecule has 1 aliphatic heterocycles. The van der Waals surface area contributed by atoms with Crippen LogP contribution in [0.5, 0.6) is 0 Å². The Bertz CT molecular complexity index is 1270. The zero-order valence-electron chi connectivity index (χ0n) is 19.5. The molecule has 3 nitrogen and oxygen atoms in total. The lowest BCUT2D eigenvalue weighted by molar-refractivity contribution is -0.120. The Kier molecular flexibility index (Phi) is 5.49. The second-order valence-electron chi connectivity index (χ2n) is 9.43. The van der Waals surface area contributed by atoms with Gasteiger partial charge in [-0.15, -0.1) is 0 Å². The van der Waals surface area contributed by atoms with Gasteiger partial charge in [-0.1, -0.05) is 66.7 Å². The molecule has 0 N–H and O–H groups in total. The van der Waals surface area contributed by atoms with Gasteiger partial charge in [0.1, 0.15) is 0 Å². The van der Waals surface area contributed by atoms with E-state index >= 15 is 0 Å². The largest absolute Gasteiger partial charge is 0.294 e. The number of allylic oxidation sites excluding steroid dienone is 2. The van der Waals surface area contributed by atoms with Crippen LogP contribution in [0.15, 0.2) is 84.1 Å². The number of hydrogen-bond acceptors (Lipinski definition) is 2. The maximum absolute atomic E-state index is 13.7. The summed E-state index contributed by atoms with van der Waals surface area (Å²) in [6.07, 6.45) is 1.49. The van der Waals surface area contributed by atoms with Gasteiger partial charge in [-0.05, 0) is 67.0 Å². The van der Waals surface area contributed by atoms with Crippen LogP contribution in [0, 0.1) is 20.8 Å². The molecule has 0 bridgehead atoms. The van der Waals surface area contributed by atoms with Gasteiger partial charge in [0.05, 0.1) is 5.69 Å². The standard InChI is InChI=1S/C30H29NO2/c1-19-13-14-21(3)26(15-19)31-27-16-23(22-10-5-4-6-11-22)17-28(32)30(27)25(18-29(31)33)24-12-8-7-9-20(24)2/h4-15,23,25H,16-18H2,1-3H3. The number of ketones is 1. The fraction of sp³-hybridized carbons (Fsp3) is 0.267. The third-order valence-electron chi connectivity index (χ3n) is 7.17. The molecule has 166 valence electrons. The van der Waals surface area contributed by atoms with Gasteiger partial charge in [0.2, 0.25) is 5.91 Å². The minimum absolute atomic E-state index is 0.0669. The molecule has 0 radical (unpaired) electrons. The van der Waals surface area contributed by atoms with Gasteiger partial charge >= 0.3 is 0 Å². The molecule has 3 aromatic rings. The number of amides is 1. The number of carbonyl (C=O) groups is 2. The molecule has 0 saturated heterocycles. The monoisotopic (exact) mass is 435 g/mol. The Hall–Kier alpha value is -3.46. The summed E-state index contributed by atoms with van der Waals surface area (Å²) in [5, 5.41) is 0. The molecule has 3 aromatic carbocycles. The van der Waals surface area contributed by atoms with Crippen molar-refractivity contribution in [2.45, 2.75) is 51.9 Å². The van der Waals surface area contributed by atoms with Crippen LogP contribution in [0.4, 0.5) is 5.69 Å². The zero-order valence-corrected chi connectivity index (χ0v) is 19.5. The molecule has 0 saturated carbocycles. The Balaban J connectivity index is 1.70. The van der Waals surface area contributed by atoms with Crippen molar-refractivity contribution in [2.24, 2.45) is 0 Å². The average Bonchev–Trinajstić information content (AvgIpc) is 2.81. The summed E-state index contributed by atoms with van der Waals surface area (Å²) >= 11 is 0. The van der Waals surface area contributed by atoms with Crippen molar-refractivity contribution in [1.82, 2.24) is 0 Å². The van der Waals surface area contributed by atoms with E-state index < -0.39 is 0 Å². The van der Waals surface area contributed by atoms with Crippen molar-refractivity contribution in [3.05, 3.63) is 112 Å². The van der Waals surface area contributed by atoms with Gasteiger partial charge < -0.3 is 0 Å². The lowest BCUT2D eigenvalue weighted by atomic mass is 9.72. The maximum Gasteiger partial charge on any atom is 0.232 e. The Morgan fingerprint density at radius 3 is 2.24 bits per heavy atom. The summed E-state index contributed by atoms with van der Waals surface area (Å²) in [5.74, 6) is 0.131. The number of hydrogen-bond donors (Lipinski definition) is 0. The minimum Gasteiger partial charge on any atom is -0.294 e. The lowest BCUT2D eigenvalue weighted by Crippen LogP contribution is -2.42. The van der Waals surface area contributed by atoms with Crippen LogP contribution < -0.4 is 4.90 Å². The second kappa shape index (κ2) is 8.47. The van der Waals surface area contributed by atoms with E-state index in [1.807, 2.05) is 49.1 Å². The first kappa shape index (κ1) is 21.4. The van der Waals surface area contributed by atoms with Crippen LogP contribution in [-0.2, 0) is 9.59 Å². The predicted octanol–water partition coefficient (Wildman–Crippen LogP) is 6.53. The van der Waals surface area contributed by atoms with Crippen molar-refractivity contribution in [1.29, 1.82) is 0 Å². The van der Waals surface area contributed by atoms with E-state index in [0.29, 0.717) is 19.3 Å². The van der Waals surface area contributed by atoms with Crippen LogP contribution >= 0.6 is 0 Å². The number of anilines is 1. The Labute approximate surface area is 195 Å². The van der Waals surface area contributed by atoms with E-state index in [1.54, 1.807) is 0 Å². The van der Waals surface area contributed by atoms with Crippen LogP contribution in [0.3, 0.4) is 0 Å². The number of Topliss-reactive ketones (excluding diaryl/α,β-unsaturated/α-hetero) is 1. The predicted molar refractivity (Wildman–Crippen MR) is 132 cm³/mol. The topological polar surface area (TPSA) is 37.4 Å². The molecule has 3 heteroatoms. The summed E-state index contributed by atoms with van der Waals surface area (Å²) in [7, 11) is 0. The van der Waals surface area contributed by atoms with E-state index in [2.05, 4.69) is 49.4 Å². The molecule has 0 aromatic heterocycles. The normalized spacial score (nSPS) is 20.8. The molecule has 2 unspecified atom stereocenters. The summed E-state index contributed by atoms with van der Waals surface area (Å²) in [6.45, 7) is 6.15. The first-order valence-electron chi connectivity index (χ1n) is 11.7. The van der Waals surface area contributed by atoms with Crippen LogP contribution in [0.25, 0.3) is 0 Å². The van der Waals surface area contributed by atoms with Gasteiger partial charge in [0, 0.05) is 30.0 Å². The smallest absolute Gasteiger partial charge is 0.232 e. The summed E-state index contributed by atoms with van der Waals surface area (Å²) in [6, 6.07) is 24.6. The molecule has 5 rings (SSSR count). The second-order valence-corrected chi connectivity index (χ2v) is 9.43. The molecule has 2 aliphatic rings. The Morgan fingerprint density at radius 1 is 0.758 bits per heavy atom. The lowest BCUT2D eigenvalue weighted by Gasteiger charge is -2.41. The maximum atomic E-state index is 13.7. The van der Waals surface area contributed by atoms with E-state index in [-0.39, 0.29) is 23.5 Å². The van der Waals surface area contributed by atoms with E-state index in [0.717, 1.165) is 44.8 Å². The SMILES string of the molecule is Cc1ccc(C)c(N2C(=O)CC(c3ccccc3C)C3=C2CC(c2ccccc2)CC3=O)c1. The summed E-state index contributed by atoms with van der Waals surface area (Å²) in [4.78, 5) is 29.3. The number of benzene rings is 3. The molecule has 1 heterocycles. The Morgan fingerprint density at radius 2 is 1.48 bits per heavy atom. The first-order chi connectivity index (χ1) is 15.9.